The summed E-state index contributed by atoms with van der Waals surface area (Å²) < 4.78 is 0. The Hall–Kier alpha value is -1.55. The number of urea groups is 1. The van der Waals surface area contributed by atoms with Crippen LogP contribution >= 0.6 is 0 Å². The van der Waals surface area contributed by atoms with Crippen molar-refractivity contribution in [3.63, 3.8) is 0 Å². The third-order valence-corrected chi connectivity index (χ3v) is 6.51. The minimum absolute atomic E-state index is 0.00255. The summed E-state index contributed by atoms with van der Waals surface area (Å²) >= 11 is 0. The average molecular weight is 372 g/mol. The predicted octanol–water partition coefficient (Wildman–Crippen LogP) is 4.56. The maximum absolute atomic E-state index is 12.2. The van der Waals surface area contributed by atoms with Crippen LogP contribution < -0.4 is 5.32 Å². The number of rotatable bonds is 3. The van der Waals surface area contributed by atoms with Gasteiger partial charge in [-0.2, -0.15) is 0 Å². The maximum Gasteiger partial charge on any atom is 0.317 e. The summed E-state index contributed by atoms with van der Waals surface area (Å²) in [6.07, 6.45) is 5.95. The molecule has 1 saturated heterocycles. The molecular formula is C23H37N3O. The highest BCUT2D eigenvalue weighted by molar-refractivity contribution is 5.74. The molecule has 1 aromatic carbocycles. The van der Waals surface area contributed by atoms with Gasteiger partial charge >= 0.3 is 6.03 Å². The van der Waals surface area contributed by atoms with Crippen molar-refractivity contribution in [2.24, 2.45) is 5.41 Å². The van der Waals surface area contributed by atoms with Crippen LogP contribution in [-0.2, 0) is 5.41 Å². The number of carbonyl (C=O) groups is 1. The molecular weight excluding hydrogens is 334 g/mol. The predicted molar refractivity (Wildman–Crippen MR) is 112 cm³/mol. The van der Waals surface area contributed by atoms with Crippen LogP contribution in [-0.4, -0.2) is 49.6 Å². The van der Waals surface area contributed by atoms with Gasteiger partial charge in [-0.3, -0.25) is 0 Å². The Balaban J connectivity index is 1.71. The molecule has 27 heavy (non-hydrogen) atoms. The van der Waals surface area contributed by atoms with Crippen molar-refractivity contribution in [1.29, 1.82) is 0 Å². The Morgan fingerprint density at radius 2 is 1.85 bits per heavy atom. The Kier molecular flexibility index (Phi) is 5.85. The normalized spacial score (nSPS) is 22.3. The summed E-state index contributed by atoms with van der Waals surface area (Å²) in [7, 11) is 3.61. The number of nitrogens with zero attached hydrogens (tertiary/aromatic N) is 2. The first kappa shape index (κ1) is 20.2. The number of likely N-dealkylation sites (tertiary alicyclic amines) is 1. The highest BCUT2D eigenvalue weighted by Crippen LogP contribution is 2.48. The SMILES string of the molecule is CN(C)C(=O)N[C@H]1CCC2(CCN(CCC(C)(C)C)CC2)c2ccccc21. The molecule has 1 N–H and O–H groups in total. The van der Waals surface area contributed by atoms with E-state index in [1.165, 1.54) is 56.4 Å². The first-order valence-corrected chi connectivity index (χ1v) is 10.5. The summed E-state index contributed by atoms with van der Waals surface area (Å²) in [4.78, 5) is 16.5. The minimum Gasteiger partial charge on any atom is -0.331 e. The molecule has 0 aromatic heterocycles. The maximum atomic E-state index is 12.2. The van der Waals surface area contributed by atoms with Crippen molar-refractivity contribution in [1.82, 2.24) is 15.1 Å². The lowest BCUT2D eigenvalue weighted by Crippen LogP contribution is -2.47. The van der Waals surface area contributed by atoms with Crippen molar-refractivity contribution in [3.05, 3.63) is 35.4 Å². The van der Waals surface area contributed by atoms with Crippen LogP contribution in [0.1, 0.15) is 70.0 Å². The summed E-state index contributed by atoms with van der Waals surface area (Å²) in [5.74, 6) is 0. The molecule has 0 saturated carbocycles. The van der Waals surface area contributed by atoms with Gasteiger partial charge < -0.3 is 15.1 Å². The van der Waals surface area contributed by atoms with E-state index in [1.54, 1.807) is 19.0 Å². The first-order valence-electron chi connectivity index (χ1n) is 10.5. The van der Waals surface area contributed by atoms with Gasteiger partial charge in [-0.15, -0.1) is 0 Å². The fourth-order valence-electron chi connectivity index (χ4n) is 4.64. The molecule has 0 bridgehead atoms. The minimum atomic E-state index is 0.00255. The van der Waals surface area contributed by atoms with Gasteiger partial charge in [0.2, 0.25) is 0 Å². The monoisotopic (exact) mass is 371 g/mol. The van der Waals surface area contributed by atoms with Crippen molar-refractivity contribution in [3.8, 4) is 0 Å². The highest BCUT2D eigenvalue weighted by Gasteiger charge is 2.42. The molecule has 0 unspecified atom stereocenters. The van der Waals surface area contributed by atoms with Gasteiger partial charge in [0, 0.05) is 14.1 Å². The number of hydrogen-bond acceptors (Lipinski definition) is 2. The zero-order valence-corrected chi connectivity index (χ0v) is 17.8. The molecule has 1 aliphatic carbocycles. The van der Waals surface area contributed by atoms with E-state index < -0.39 is 0 Å². The lowest BCUT2D eigenvalue weighted by Gasteiger charge is -2.47. The molecule has 2 amide bonds. The smallest absolute Gasteiger partial charge is 0.317 e. The van der Waals surface area contributed by atoms with E-state index in [1.807, 2.05) is 0 Å². The van der Waals surface area contributed by atoms with Crippen molar-refractivity contribution >= 4 is 6.03 Å². The number of fused-ring (bicyclic) bond motifs is 2. The second-order valence-corrected chi connectivity index (χ2v) is 9.96. The molecule has 1 atom stereocenters. The third kappa shape index (κ3) is 4.66. The molecule has 3 rings (SSSR count). The molecule has 1 aliphatic heterocycles. The molecule has 4 nitrogen and oxygen atoms in total. The van der Waals surface area contributed by atoms with Gasteiger partial charge in [0.15, 0.2) is 0 Å². The topological polar surface area (TPSA) is 35.6 Å². The zero-order chi connectivity index (χ0) is 19.7. The Morgan fingerprint density at radius 3 is 2.48 bits per heavy atom. The molecule has 1 aromatic rings. The van der Waals surface area contributed by atoms with Gasteiger partial charge in [-0.05, 0) is 73.7 Å². The fraction of sp³-hybridized carbons (Fsp3) is 0.696. The molecule has 1 heterocycles. The largest absolute Gasteiger partial charge is 0.331 e. The van der Waals surface area contributed by atoms with Crippen LogP contribution in [0.3, 0.4) is 0 Å². The second-order valence-electron chi connectivity index (χ2n) is 9.96. The van der Waals surface area contributed by atoms with E-state index in [2.05, 4.69) is 55.3 Å². The Labute approximate surface area is 165 Å². The fourth-order valence-corrected chi connectivity index (χ4v) is 4.64. The van der Waals surface area contributed by atoms with E-state index in [0.717, 1.165) is 6.42 Å². The van der Waals surface area contributed by atoms with Crippen LogP contribution in [0, 0.1) is 5.41 Å². The number of nitrogens with one attached hydrogen (secondary N) is 1. The van der Waals surface area contributed by atoms with E-state index in [9.17, 15) is 4.79 Å². The molecule has 150 valence electrons. The van der Waals surface area contributed by atoms with Crippen LogP contribution in [0.15, 0.2) is 24.3 Å². The van der Waals surface area contributed by atoms with E-state index in [0.29, 0.717) is 10.8 Å². The third-order valence-electron chi connectivity index (χ3n) is 6.51. The van der Waals surface area contributed by atoms with Gasteiger partial charge in [0.05, 0.1) is 6.04 Å². The van der Waals surface area contributed by atoms with Gasteiger partial charge in [-0.1, -0.05) is 45.0 Å². The first-order chi connectivity index (χ1) is 12.7. The summed E-state index contributed by atoms with van der Waals surface area (Å²) in [5, 5.41) is 3.22. The summed E-state index contributed by atoms with van der Waals surface area (Å²) in [5.41, 5.74) is 3.52. The molecule has 1 spiro atoms. The molecule has 1 fully saturated rings. The Bertz CT molecular complexity index is 654. The van der Waals surface area contributed by atoms with Crippen molar-refractivity contribution in [2.45, 2.75) is 64.3 Å². The van der Waals surface area contributed by atoms with E-state index in [4.69, 9.17) is 0 Å². The number of carbonyl (C=O) groups excluding carboxylic acids is 1. The number of benzene rings is 1. The molecule has 0 radical (unpaired) electrons. The van der Waals surface area contributed by atoms with Gasteiger partial charge in [0.25, 0.3) is 0 Å². The van der Waals surface area contributed by atoms with Crippen LogP contribution in [0.4, 0.5) is 4.79 Å². The second kappa shape index (κ2) is 7.83. The van der Waals surface area contributed by atoms with Crippen molar-refractivity contribution in [2.75, 3.05) is 33.7 Å². The number of piperidine rings is 1. The zero-order valence-electron chi connectivity index (χ0n) is 17.8. The van der Waals surface area contributed by atoms with Gasteiger partial charge in [-0.25, -0.2) is 4.79 Å². The number of amides is 2. The van der Waals surface area contributed by atoms with Crippen molar-refractivity contribution < 1.29 is 4.79 Å². The average Bonchev–Trinajstić information content (AvgIpc) is 2.63. The lowest BCUT2D eigenvalue weighted by atomic mass is 9.63. The van der Waals surface area contributed by atoms with E-state index >= 15 is 0 Å². The van der Waals surface area contributed by atoms with Gasteiger partial charge in [0.1, 0.15) is 0 Å². The summed E-state index contributed by atoms with van der Waals surface area (Å²) in [6.45, 7) is 10.6. The van der Waals surface area contributed by atoms with Crippen LogP contribution in [0.5, 0.6) is 0 Å². The molecule has 2 aliphatic rings. The number of hydrogen-bond donors (Lipinski definition) is 1. The highest BCUT2D eigenvalue weighted by atomic mass is 16.2. The molecule has 4 heteroatoms. The van der Waals surface area contributed by atoms with E-state index in [-0.39, 0.29) is 12.1 Å². The summed E-state index contributed by atoms with van der Waals surface area (Å²) in [6, 6.07) is 8.97. The standard InChI is InChI=1S/C23H37N3O/c1-22(2,3)12-15-26-16-13-23(14-17-26)11-10-20(24-21(27)25(4)5)18-8-6-7-9-19(18)23/h6-9,20H,10-17H2,1-5H3,(H,24,27)/t20-/m0/s1. The lowest BCUT2D eigenvalue weighted by molar-refractivity contribution is 0.126. The van der Waals surface area contributed by atoms with Crippen LogP contribution in [0.2, 0.25) is 0 Å². The quantitative estimate of drug-likeness (QED) is 0.845. The van der Waals surface area contributed by atoms with Crippen LogP contribution in [0.25, 0.3) is 0 Å². The Morgan fingerprint density at radius 1 is 1.19 bits per heavy atom.